The van der Waals surface area contributed by atoms with E-state index in [0.29, 0.717) is 17.9 Å². The molecule has 1 aromatic heterocycles. The summed E-state index contributed by atoms with van der Waals surface area (Å²) >= 11 is 5.85. The van der Waals surface area contributed by atoms with E-state index in [0.717, 1.165) is 6.42 Å². The Hall–Kier alpha value is -1.14. The Morgan fingerprint density at radius 3 is 2.89 bits per heavy atom. The molecular formula is C11H13ClN2O3S. The van der Waals surface area contributed by atoms with Crippen LogP contribution in [0, 0.1) is 0 Å². The summed E-state index contributed by atoms with van der Waals surface area (Å²) in [6.45, 7) is 0. The first-order valence-corrected chi connectivity index (χ1v) is 7.73. The van der Waals surface area contributed by atoms with E-state index in [1.807, 2.05) is 0 Å². The number of anilines is 1. The fraction of sp³-hybridized carbons (Fsp3) is 0.455. The number of halogens is 1. The van der Waals surface area contributed by atoms with Crippen LogP contribution >= 0.6 is 11.6 Å². The molecule has 1 saturated heterocycles. The van der Waals surface area contributed by atoms with Crippen LogP contribution in [0.25, 0.3) is 0 Å². The second-order valence-electron chi connectivity index (χ2n) is 4.17. The number of sulfone groups is 1. The molecule has 1 aromatic rings. The van der Waals surface area contributed by atoms with E-state index in [1.54, 1.807) is 12.1 Å². The Morgan fingerprint density at radius 1 is 1.44 bits per heavy atom. The first kappa shape index (κ1) is 13.3. The number of nitrogens with one attached hydrogen (secondary N) is 1. The molecule has 1 unspecified atom stereocenters. The van der Waals surface area contributed by atoms with Crippen molar-refractivity contribution >= 4 is 33.2 Å². The average Bonchev–Trinajstić information content (AvgIpc) is 2.31. The first-order valence-electron chi connectivity index (χ1n) is 5.63. The van der Waals surface area contributed by atoms with Crippen molar-refractivity contribution in [1.82, 2.24) is 4.98 Å². The molecule has 0 bridgehead atoms. The fourth-order valence-electron chi connectivity index (χ4n) is 1.92. The van der Waals surface area contributed by atoms with E-state index < -0.39 is 21.0 Å². The molecule has 1 aliphatic heterocycles. The van der Waals surface area contributed by atoms with Crippen molar-refractivity contribution in [3.63, 3.8) is 0 Å². The summed E-state index contributed by atoms with van der Waals surface area (Å²) in [4.78, 5) is 15.8. The van der Waals surface area contributed by atoms with Gasteiger partial charge in [0.25, 0.3) is 0 Å². The first-order chi connectivity index (χ1) is 8.50. The van der Waals surface area contributed by atoms with Crippen LogP contribution in [0.3, 0.4) is 0 Å². The van der Waals surface area contributed by atoms with Crippen molar-refractivity contribution in [2.45, 2.75) is 24.5 Å². The van der Waals surface area contributed by atoms with E-state index in [2.05, 4.69) is 10.3 Å². The molecule has 2 heterocycles. The Kier molecular flexibility index (Phi) is 3.87. The predicted molar refractivity (Wildman–Crippen MR) is 69.3 cm³/mol. The summed E-state index contributed by atoms with van der Waals surface area (Å²) in [7, 11) is -3.34. The van der Waals surface area contributed by atoms with Crippen LogP contribution in [0.5, 0.6) is 0 Å². The lowest BCUT2D eigenvalue weighted by Crippen LogP contribution is -2.39. The molecular weight excluding hydrogens is 276 g/mol. The molecule has 2 rings (SSSR count). The number of carbonyl (C=O) groups is 1. The molecule has 1 N–H and O–H groups in total. The number of pyridine rings is 1. The highest BCUT2D eigenvalue weighted by molar-refractivity contribution is 7.92. The van der Waals surface area contributed by atoms with Crippen molar-refractivity contribution in [2.75, 3.05) is 11.1 Å². The monoisotopic (exact) mass is 288 g/mol. The van der Waals surface area contributed by atoms with Gasteiger partial charge in [0.2, 0.25) is 5.91 Å². The molecule has 1 atom stereocenters. The number of rotatable bonds is 2. The standard InChI is InChI=1S/C11H13ClN2O3S/c12-8-4-3-6-13-10(8)14-11(15)9-5-1-2-7-18(9,16)17/h3-4,6,9H,1-2,5,7H2,(H,13,14,15). The molecule has 0 radical (unpaired) electrons. The molecule has 0 spiro atoms. The maximum Gasteiger partial charge on any atom is 0.243 e. The summed E-state index contributed by atoms with van der Waals surface area (Å²) in [5.74, 6) is -0.277. The van der Waals surface area contributed by atoms with Crippen LogP contribution in [0.15, 0.2) is 18.3 Å². The summed E-state index contributed by atoms with van der Waals surface area (Å²) in [6.07, 6.45) is 3.21. The second kappa shape index (κ2) is 5.24. The van der Waals surface area contributed by atoms with Gasteiger partial charge in [-0.25, -0.2) is 13.4 Å². The molecule has 0 aromatic carbocycles. The number of amides is 1. The van der Waals surface area contributed by atoms with Gasteiger partial charge >= 0.3 is 0 Å². The summed E-state index contributed by atoms with van der Waals surface area (Å²) in [6, 6.07) is 3.22. The number of hydrogen-bond acceptors (Lipinski definition) is 4. The van der Waals surface area contributed by atoms with E-state index in [1.165, 1.54) is 6.20 Å². The van der Waals surface area contributed by atoms with Crippen LogP contribution in [0.4, 0.5) is 5.82 Å². The molecule has 18 heavy (non-hydrogen) atoms. The van der Waals surface area contributed by atoms with Gasteiger partial charge in [0.1, 0.15) is 5.25 Å². The molecule has 0 aliphatic carbocycles. The van der Waals surface area contributed by atoms with Crippen LogP contribution in [0.1, 0.15) is 19.3 Å². The molecule has 1 amide bonds. The highest BCUT2D eigenvalue weighted by Crippen LogP contribution is 2.23. The lowest BCUT2D eigenvalue weighted by Gasteiger charge is -2.21. The number of nitrogens with zero attached hydrogens (tertiary/aromatic N) is 1. The molecule has 7 heteroatoms. The Balaban J connectivity index is 2.15. The topological polar surface area (TPSA) is 76.1 Å². The summed E-state index contributed by atoms with van der Waals surface area (Å²) < 4.78 is 23.6. The van der Waals surface area contributed by atoms with Gasteiger partial charge in [-0.2, -0.15) is 0 Å². The third-order valence-corrected chi connectivity index (χ3v) is 5.35. The quantitative estimate of drug-likeness (QED) is 0.897. The van der Waals surface area contributed by atoms with Crippen molar-refractivity contribution in [1.29, 1.82) is 0 Å². The van der Waals surface area contributed by atoms with Gasteiger partial charge in [0, 0.05) is 6.20 Å². The average molecular weight is 289 g/mol. The zero-order valence-electron chi connectivity index (χ0n) is 9.60. The number of hydrogen-bond donors (Lipinski definition) is 1. The van der Waals surface area contributed by atoms with Crippen molar-refractivity contribution in [3.8, 4) is 0 Å². The van der Waals surface area contributed by atoms with Gasteiger partial charge in [-0.1, -0.05) is 18.0 Å². The van der Waals surface area contributed by atoms with Gasteiger partial charge < -0.3 is 5.32 Å². The fourth-order valence-corrected chi connectivity index (χ4v) is 3.89. The zero-order chi connectivity index (χ0) is 13.2. The van der Waals surface area contributed by atoms with Gasteiger partial charge in [-0.3, -0.25) is 4.79 Å². The third-order valence-electron chi connectivity index (χ3n) is 2.87. The van der Waals surface area contributed by atoms with Gasteiger partial charge in [-0.05, 0) is 25.0 Å². The molecule has 1 fully saturated rings. The predicted octanol–water partition coefficient (Wildman–Crippen LogP) is 1.64. The van der Waals surface area contributed by atoms with Gasteiger partial charge in [0.15, 0.2) is 15.7 Å². The Morgan fingerprint density at radius 2 is 2.22 bits per heavy atom. The summed E-state index contributed by atoms with van der Waals surface area (Å²) in [5.41, 5.74) is 0. The van der Waals surface area contributed by atoms with Gasteiger partial charge in [0.05, 0.1) is 10.8 Å². The maximum absolute atomic E-state index is 11.9. The SMILES string of the molecule is O=C(Nc1ncccc1Cl)C1CCCCS1(=O)=O. The van der Waals surface area contributed by atoms with Crippen LogP contribution in [-0.4, -0.2) is 30.3 Å². The Bertz CT molecular complexity index is 559. The highest BCUT2D eigenvalue weighted by atomic mass is 35.5. The smallest absolute Gasteiger partial charge is 0.243 e. The minimum atomic E-state index is -3.34. The van der Waals surface area contributed by atoms with E-state index in [9.17, 15) is 13.2 Å². The second-order valence-corrected chi connectivity index (χ2v) is 6.88. The number of aromatic nitrogens is 1. The zero-order valence-corrected chi connectivity index (χ0v) is 11.2. The molecule has 0 saturated carbocycles. The lowest BCUT2D eigenvalue weighted by molar-refractivity contribution is -0.116. The van der Waals surface area contributed by atoms with E-state index in [4.69, 9.17) is 11.6 Å². The summed E-state index contributed by atoms with van der Waals surface area (Å²) in [5, 5.41) is 1.78. The van der Waals surface area contributed by atoms with Crippen molar-refractivity contribution in [2.24, 2.45) is 0 Å². The molecule has 1 aliphatic rings. The van der Waals surface area contributed by atoms with Crippen LogP contribution in [-0.2, 0) is 14.6 Å². The Labute approximate surface area is 110 Å². The minimum absolute atomic E-state index is 0.0705. The van der Waals surface area contributed by atoms with Crippen LogP contribution in [0.2, 0.25) is 5.02 Å². The lowest BCUT2D eigenvalue weighted by atomic mass is 10.2. The van der Waals surface area contributed by atoms with E-state index in [-0.39, 0.29) is 11.6 Å². The number of carbonyl (C=O) groups excluding carboxylic acids is 1. The minimum Gasteiger partial charge on any atom is -0.308 e. The highest BCUT2D eigenvalue weighted by Gasteiger charge is 2.35. The largest absolute Gasteiger partial charge is 0.308 e. The van der Waals surface area contributed by atoms with Crippen molar-refractivity contribution in [3.05, 3.63) is 23.4 Å². The normalized spacial score (nSPS) is 22.4. The van der Waals surface area contributed by atoms with Crippen molar-refractivity contribution < 1.29 is 13.2 Å². The molecule has 5 nitrogen and oxygen atoms in total. The third kappa shape index (κ3) is 2.81. The van der Waals surface area contributed by atoms with E-state index >= 15 is 0 Å². The van der Waals surface area contributed by atoms with Crippen LogP contribution < -0.4 is 5.32 Å². The van der Waals surface area contributed by atoms with Gasteiger partial charge in [-0.15, -0.1) is 0 Å². The maximum atomic E-state index is 11.9. The molecule has 98 valence electrons.